The molecule has 1 fully saturated rings. The van der Waals surface area contributed by atoms with Crippen molar-refractivity contribution in [3.05, 3.63) is 56.4 Å². The number of ketones is 2. The summed E-state index contributed by atoms with van der Waals surface area (Å²) < 4.78 is 67.0. The van der Waals surface area contributed by atoms with Gasteiger partial charge in [-0.2, -0.15) is 26.3 Å². The van der Waals surface area contributed by atoms with E-state index in [0.29, 0.717) is 16.8 Å². The van der Waals surface area contributed by atoms with Crippen molar-refractivity contribution in [3.63, 3.8) is 0 Å². The van der Waals surface area contributed by atoms with Gasteiger partial charge >= 0.3 is 23.9 Å². The summed E-state index contributed by atoms with van der Waals surface area (Å²) >= 11 is 1.55. The molecule has 1 saturated heterocycles. The minimum absolute atomic E-state index is 0.0909. The zero-order valence-corrected chi connectivity index (χ0v) is 21.5. The zero-order valence-electron chi connectivity index (χ0n) is 20.7. The predicted molar refractivity (Wildman–Crippen MR) is 133 cm³/mol. The molecule has 1 aliphatic carbocycles. The largest absolute Gasteiger partial charge is 0.458 e. The van der Waals surface area contributed by atoms with Crippen molar-refractivity contribution in [1.82, 2.24) is 15.3 Å². The molecule has 1 aliphatic heterocycles. The Morgan fingerprint density at radius 1 is 0.975 bits per heavy atom. The van der Waals surface area contributed by atoms with Crippen molar-refractivity contribution >= 4 is 44.7 Å². The van der Waals surface area contributed by atoms with Crippen LogP contribution in [0.25, 0.3) is 10.2 Å². The molecule has 5 rings (SSSR count). The van der Waals surface area contributed by atoms with E-state index in [9.17, 15) is 45.5 Å². The number of nitrogens with zero attached hydrogens (tertiary/aromatic N) is 2. The quantitative estimate of drug-likeness (QED) is 0.341. The van der Waals surface area contributed by atoms with E-state index in [0.717, 1.165) is 43.5 Å². The van der Waals surface area contributed by atoms with Crippen molar-refractivity contribution in [2.24, 2.45) is 0 Å². The van der Waals surface area contributed by atoms with Gasteiger partial charge in [-0.05, 0) is 55.4 Å². The number of aryl methyl sites for hydroxylation is 2. The number of Topliss-reactive ketones (excluding diaryl/α,β-unsaturated/α-hetero) is 2. The average molecular weight is 589 g/mol. The highest BCUT2D eigenvalue weighted by Gasteiger charge is 2.54. The van der Waals surface area contributed by atoms with Gasteiger partial charge in [0.1, 0.15) is 4.83 Å². The first kappa shape index (κ1) is 29.2. The third-order valence-electron chi connectivity index (χ3n) is 6.35. The van der Waals surface area contributed by atoms with E-state index in [1.165, 1.54) is 23.4 Å². The number of halogens is 6. The summed E-state index contributed by atoms with van der Waals surface area (Å²) in [5, 5.41) is 3.56. The number of benzene rings is 1. The van der Waals surface area contributed by atoms with E-state index in [2.05, 4.69) is 32.3 Å². The second-order valence-corrected chi connectivity index (χ2v) is 10.2. The van der Waals surface area contributed by atoms with Gasteiger partial charge in [0, 0.05) is 30.2 Å². The van der Waals surface area contributed by atoms with Crippen LogP contribution < -0.4 is 15.8 Å². The molecule has 0 saturated carbocycles. The number of rotatable bonds is 5. The summed E-state index contributed by atoms with van der Waals surface area (Å²) in [6.45, 7) is 2.58. The molecule has 0 radical (unpaired) electrons. The van der Waals surface area contributed by atoms with E-state index in [4.69, 9.17) is 0 Å². The first-order valence-electron chi connectivity index (χ1n) is 12.1. The van der Waals surface area contributed by atoms with Crippen LogP contribution >= 0.6 is 11.3 Å². The molecule has 0 atom stereocenters. The number of aromatic nitrogens is 2. The number of fused-ring (bicyclic) bond motifs is 3. The minimum atomic E-state index is -5.77. The van der Waals surface area contributed by atoms with E-state index in [1.54, 1.807) is 11.3 Å². The lowest BCUT2D eigenvalue weighted by molar-refractivity contribution is -0.193. The summed E-state index contributed by atoms with van der Waals surface area (Å²) in [6.07, 6.45) is -6.05. The van der Waals surface area contributed by atoms with E-state index >= 15 is 0 Å². The lowest BCUT2D eigenvalue weighted by atomic mass is 10.2. The smallest absolute Gasteiger partial charge is 0.372 e. The second-order valence-electron chi connectivity index (χ2n) is 9.15. The molecule has 15 heteroatoms. The summed E-state index contributed by atoms with van der Waals surface area (Å²) in [7, 11) is 0. The van der Waals surface area contributed by atoms with Crippen molar-refractivity contribution < 1.29 is 40.7 Å². The lowest BCUT2D eigenvalue weighted by Gasteiger charge is -2.18. The fourth-order valence-corrected chi connectivity index (χ4v) is 5.73. The Hall–Kier alpha value is -3.75. The third kappa shape index (κ3) is 6.51. The molecule has 0 unspecified atom stereocenters. The number of H-pyrrole nitrogens is 1. The summed E-state index contributed by atoms with van der Waals surface area (Å²) in [5.41, 5.74) is 3.16. The molecular weight excluding hydrogens is 566 g/mol. The van der Waals surface area contributed by atoms with E-state index < -0.39 is 23.9 Å². The number of alkyl halides is 6. The number of anilines is 1. The molecule has 214 valence electrons. The minimum Gasteiger partial charge on any atom is -0.372 e. The van der Waals surface area contributed by atoms with Crippen LogP contribution in [-0.4, -0.2) is 52.9 Å². The van der Waals surface area contributed by atoms with Crippen LogP contribution in [-0.2, 0) is 29.0 Å². The van der Waals surface area contributed by atoms with Crippen LogP contribution in [0.5, 0.6) is 0 Å². The summed E-state index contributed by atoms with van der Waals surface area (Å²) in [6, 6.07) is 8.26. The van der Waals surface area contributed by atoms with Crippen LogP contribution in [0.4, 0.5) is 32.0 Å². The summed E-state index contributed by atoms with van der Waals surface area (Å²) in [4.78, 5) is 55.7. The molecule has 3 heterocycles. The van der Waals surface area contributed by atoms with Gasteiger partial charge in [-0.1, -0.05) is 12.1 Å². The van der Waals surface area contributed by atoms with Crippen molar-refractivity contribution in [3.8, 4) is 0 Å². The molecule has 0 spiro atoms. The van der Waals surface area contributed by atoms with Crippen LogP contribution in [0.1, 0.15) is 45.9 Å². The highest BCUT2D eigenvalue weighted by atomic mass is 32.1. The van der Waals surface area contributed by atoms with Crippen molar-refractivity contribution in [2.75, 3.05) is 18.0 Å². The highest BCUT2D eigenvalue weighted by molar-refractivity contribution is 7.18. The SMILES string of the molecule is O=C(C(=O)C(F)(F)F)C(F)(F)F.O=C(NCc1cccc(N2CCCC2)c1)c1nc2sc3c(c2c(=O)[nH]1)CCC3. The van der Waals surface area contributed by atoms with Crippen molar-refractivity contribution in [1.29, 1.82) is 0 Å². The lowest BCUT2D eigenvalue weighted by Crippen LogP contribution is -2.39. The molecule has 1 aromatic carbocycles. The number of carbonyl (C=O) groups excluding carboxylic acids is 3. The Kier molecular flexibility index (Phi) is 8.33. The topological polar surface area (TPSA) is 112 Å². The Balaban J connectivity index is 0.000000263. The molecule has 2 N–H and O–H groups in total. The number of hydrogen-bond donors (Lipinski definition) is 2. The first-order valence-corrected chi connectivity index (χ1v) is 13.0. The molecule has 8 nitrogen and oxygen atoms in total. The number of carbonyl (C=O) groups is 3. The van der Waals surface area contributed by atoms with Gasteiger partial charge in [0.15, 0.2) is 0 Å². The van der Waals surface area contributed by atoms with Crippen LogP contribution in [0.2, 0.25) is 0 Å². The fraction of sp³-hybridized carbons (Fsp3) is 0.400. The number of aromatic amines is 1. The van der Waals surface area contributed by atoms with Gasteiger partial charge in [0.2, 0.25) is 5.82 Å². The van der Waals surface area contributed by atoms with Gasteiger partial charge < -0.3 is 15.2 Å². The fourth-order valence-electron chi connectivity index (χ4n) is 4.47. The zero-order chi connectivity index (χ0) is 29.2. The molecule has 1 amide bonds. The Bertz CT molecular complexity index is 1480. The standard InChI is InChI=1S/C21H22N4O2S.C4F6O2/c26-19-17-15-7-4-8-16(15)28-21(17)24-18(23-19)20(27)22-12-13-5-3-6-14(11-13)25-9-1-2-10-25;5-3(6,7)1(11)2(12)4(8,9)10/h3,5-6,11H,1-2,4,7-10,12H2,(H,22,27)(H,23,24,26);. The van der Waals surface area contributed by atoms with Gasteiger partial charge in [-0.15, -0.1) is 11.3 Å². The highest BCUT2D eigenvalue weighted by Crippen LogP contribution is 2.34. The number of amides is 1. The van der Waals surface area contributed by atoms with Gasteiger partial charge in [0.05, 0.1) is 5.39 Å². The Morgan fingerprint density at radius 2 is 1.62 bits per heavy atom. The number of nitrogens with one attached hydrogen (secondary N) is 2. The normalized spacial score (nSPS) is 15.0. The molecule has 3 aromatic rings. The maximum Gasteiger partial charge on any atom is 0.458 e. The van der Waals surface area contributed by atoms with E-state index in [-0.39, 0.29) is 17.3 Å². The maximum absolute atomic E-state index is 12.6. The number of hydrogen-bond acceptors (Lipinski definition) is 7. The van der Waals surface area contributed by atoms with E-state index in [1.807, 2.05) is 12.1 Å². The van der Waals surface area contributed by atoms with Crippen LogP contribution in [0.15, 0.2) is 29.1 Å². The molecule has 40 heavy (non-hydrogen) atoms. The summed E-state index contributed by atoms with van der Waals surface area (Å²) in [5.74, 6) is -7.07. The second kappa shape index (κ2) is 11.4. The molecular formula is C25H22F6N4O4S. The maximum atomic E-state index is 12.6. The van der Waals surface area contributed by atoms with Gasteiger partial charge in [-0.25, -0.2) is 4.98 Å². The van der Waals surface area contributed by atoms with Gasteiger partial charge in [0.25, 0.3) is 11.5 Å². The van der Waals surface area contributed by atoms with Crippen LogP contribution in [0, 0.1) is 0 Å². The average Bonchev–Trinajstić information content (AvgIpc) is 3.64. The van der Waals surface area contributed by atoms with Gasteiger partial charge in [-0.3, -0.25) is 19.2 Å². The Labute approximate surface area is 226 Å². The molecule has 0 bridgehead atoms. The first-order chi connectivity index (χ1) is 18.8. The third-order valence-corrected chi connectivity index (χ3v) is 7.53. The van der Waals surface area contributed by atoms with Crippen LogP contribution in [0.3, 0.4) is 0 Å². The van der Waals surface area contributed by atoms with Crippen molar-refractivity contribution in [2.45, 2.75) is 51.0 Å². The molecule has 2 aliphatic rings. The predicted octanol–water partition coefficient (Wildman–Crippen LogP) is 4.25. The Morgan fingerprint density at radius 3 is 2.25 bits per heavy atom. The molecule has 2 aromatic heterocycles. The number of thiophene rings is 1. The monoisotopic (exact) mass is 588 g/mol.